The van der Waals surface area contributed by atoms with Gasteiger partial charge in [0.05, 0.1) is 24.1 Å². The number of carbonyl (C=O) groups excluding carboxylic acids is 2. The minimum absolute atomic E-state index is 0.0258. The minimum Gasteiger partial charge on any atom is -0.452 e. The van der Waals surface area contributed by atoms with E-state index in [0.717, 1.165) is 0 Å². The molecule has 0 unspecified atom stereocenters. The maximum atomic E-state index is 13.0. The molecule has 3 heterocycles. The summed E-state index contributed by atoms with van der Waals surface area (Å²) in [5.74, 6) is -1.45. The second kappa shape index (κ2) is 9.90. The molecule has 0 radical (unpaired) electrons. The molecule has 0 bridgehead atoms. The van der Waals surface area contributed by atoms with Crippen LogP contribution in [0.4, 0.5) is 5.95 Å². The van der Waals surface area contributed by atoms with Gasteiger partial charge in [-0.2, -0.15) is 9.97 Å². The molecule has 11 nitrogen and oxygen atoms in total. The molecule has 1 aliphatic heterocycles. The van der Waals surface area contributed by atoms with E-state index in [4.69, 9.17) is 31.5 Å². The van der Waals surface area contributed by atoms with Crippen LogP contribution in [0.2, 0.25) is 5.15 Å². The summed E-state index contributed by atoms with van der Waals surface area (Å²) in [6, 6.07) is 16.6. The van der Waals surface area contributed by atoms with Crippen molar-refractivity contribution in [3.05, 3.63) is 83.3 Å². The molecule has 5 rings (SSSR count). The number of imidazole rings is 1. The number of carbonyl (C=O) groups is 2. The van der Waals surface area contributed by atoms with Gasteiger partial charge in [-0.3, -0.25) is 4.57 Å². The molecule has 0 saturated carbocycles. The number of rotatable bonds is 6. The Balaban J connectivity index is 1.54. The van der Waals surface area contributed by atoms with E-state index in [-0.39, 0.29) is 33.4 Å². The molecule has 4 aromatic rings. The van der Waals surface area contributed by atoms with Gasteiger partial charge in [-0.15, -0.1) is 0 Å². The summed E-state index contributed by atoms with van der Waals surface area (Å²) in [4.78, 5) is 38.2. The summed E-state index contributed by atoms with van der Waals surface area (Å²) in [6.07, 6.45) is -3.08. The smallest absolute Gasteiger partial charge is 0.338 e. The second-order valence-corrected chi connectivity index (χ2v) is 8.27. The molecule has 36 heavy (non-hydrogen) atoms. The molecule has 0 spiro atoms. The second-order valence-electron chi connectivity index (χ2n) is 7.92. The highest BCUT2D eigenvalue weighted by Crippen LogP contribution is 2.37. The first kappa shape index (κ1) is 23.7. The third-order valence-corrected chi connectivity index (χ3v) is 5.90. The number of anilines is 1. The number of hydrogen-bond donors (Lipinski definition) is 2. The predicted molar refractivity (Wildman–Crippen MR) is 127 cm³/mol. The Bertz CT molecular complexity index is 1400. The molecule has 3 N–H and O–H groups in total. The Morgan fingerprint density at radius 1 is 0.972 bits per heavy atom. The Morgan fingerprint density at radius 2 is 1.56 bits per heavy atom. The number of esters is 2. The largest absolute Gasteiger partial charge is 0.452 e. The molecule has 1 aliphatic rings. The number of aliphatic hydroxyl groups excluding tert-OH is 1. The van der Waals surface area contributed by atoms with Crippen molar-refractivity contribution in [1.29, 1.82) is 0 Å². The number of nitrogens with two attached hydrogens (primary N) is 1. The van der Waals surface area contributed by atoms with Crippen molar-refractivity contribution in [2.45, 2.75) is 24.5 Å². The lowest BCUT2D eigenvalue weighted by Gasteiger charge is -2.24. The first-order valence-corrected chi connectivity index (χ1v) is 11.3. The topological polar surface area (TPSA) is 152 Å². The summed E-state index contributed by atoms with van der Waals surface area (Å²) in [5.41, 5.74) is 6.79. The molecular weight excluding hydrogens is 490 g/mol. The van der Waals surface area contributed by atoms with E-state index in [0.29, 0.717) is 0 Å². The highest BCUT2D eigenvalue weighted by Gasteiger charge is 2.51. The Labute approximate surface area is 209 Å². The fourth-order valence-electron chi connectivity index (χ4n) is 3.96. The molecule has 4 atom stereocenters. The zero-order valence-corrected chi connectivity index (χ0v) is 19.4. The van der Waals surface area contributed by atoms with Crippen LogP contribution in [0.15, 0.2) is 67.0 Å². The maximum Gasteiger partial charge on any atom is 0.338 e. The summed E-state index contributed by atoms with van der Waals surface area (Å²) in [6.45, 7) is -0.521. The van der Waals surface area contributed by atoms with Crippen LogP contribution >= 0.6 is 11.6 Å². The molecule has 1 saturated heterocycles. The average molecular weight is 510 g/mol. The van der Waals surface area contributed by atoms with Crippen molar-refractivity contribution < 1.29 is 28.9 Å². The Hall–Kier alpha value is -4.06. The van der Waals surface area contributed by atoms with Gasteiger partial charge in [0.2, 0.25) is 5.95 Å². The summed E-state index contributed by atoms with van der Waals surface area (Å²) < 4.78 is 19.0. The zero-order chi connectivity index (χ0) is 25.2. The minimum atomic E-state index is -1.19. The summed E-state index contributed by atoms with van der Waals surface area (Å²) in [5, 5.41) is 10.1. The lowest BCUT2D eigenvalue weighted by molar-refractivity contribution is -0.0566. The third-order valence-electron chi connectivity index (χ3n) is 5.64. The highest BCUT2D eigenvalue weighted by atomic mass is 35.5. The van der Waals surface area contributed by atoms with Crippen molar-refractivity contribution in [2.24, 2.45) is 0 Å². The standard InChI is InChI=1S/C24H20ClN5O6/c25-19-16-20(29-24(26)28-19)30(12-27-16)21-18(36-23(33)14-9-5-2-6-10-14)17(15(11-31)34-21)35-22(32)13-7-3-1-4-8-13/h1-10,12,15,17-18,21,31H,11H2,(H2,26,28,29)/t15-,17-,18-,21-/m1/s1. The van der Waals surface area contributed by atoms with Crippen molar-refractivity contribution in [2.75, 3.05) is 12.3 Å². The van der Waals surface area contributed by atoms with Crippen LogP contribution in [0.1, 0.15) is 26.9 Å². The van der Waals surface area contributed by atoms with Crippen molar-refractivity contribution in [1.82, 2.24) is 19.5 Å². The number of halogens is 1. The van der Waals surface area contributed by atoms with Gasteiger partial charge >= 0.3 is 11.9 Å². The zero-order valence-electron chi connectivity index (χ0n) is 18.6. The number of aromatic nitrogens is 4. The van der Waals surface area contributed by atoms with Gasteiger partial charge < -0.3 is 25.1 Å². The fourth-order valence-corrected chi connectivity index (χ4v) is 4.18. The monoisotopic (exact) mass is 509 g/mol. The van der Waals surface area contributed by atoms with Crippen LogP contribution in [-0.4, -0.2) is 61.5 Å². The van der Waals surface area contributed by atoms with Gasteiger partial charge in [-0.05, 0) is 24.3 Å². The van der Waals surface area contributed by atoms with Gasteiger partial charge in [-0.1, -0.05) is 48.0 Å². The van der Waals surface area contributed by atoms with E-state index < -0.39 is 43.1 Å². The van der Waals surface area contributed by atoms with Crippen LogP contribution in [0.25, 0.3) is 11.2 Å². The Kier molecular flexibility index (Phi) is 6.51. The SMILES string of the molecule is Nc1nc(Cl)c2ncn([C@@H]3O[C@H](CO)[C@@H](OC(=O)c4ccccc4)[C@H]3OC(=O)c3ccccc3)c2n1. The molecule has 1 fully saturated rings. The molecule has 2 aromatic carbocycles. The van der Waals surface area contributed by atoms with Gasteiger partial charge in [0.25, 0.3) is 0 Å². The lowest BCUT2D eigenvalue weighted by atomic mass is 10.1. The van der Waals surface area contributed by atoms with Gasteiger partial charge in [0, 0.05) is 0 Å². The van der Waals surface area contributed by atoms with Crippen LogP contribution in [0.3, 0.4) is 0 Å². The third kappa shape index (κ3) is 4.47. The number of nitrogens with zero attached hydrogens (tertiary/aromatic N) is 4. The first-order chi connectivity index (χ1) is 17.5. The van der Waals surface area contributed by atoms with Gasteiger partial charge in [0.1, 0.15) is 11.6 Å². The number of benzene rings is 2. The predicted octanol–water partition coefficient (Wildman–Crippen LogP) is 2.40. The first-order valence-electron chi connectivity index (χ1n) is 10.9. The molecule has 184 valence electrons. The molecule has 2 aromatic heterocycles. The molecule has 0 aliphatic carbocycles. The number of ether oxygens (including phenoxy) is 3. The molecular formula is C24H20ClN5O6. The summed E-state index contributed by atoms with van der Waals surface area (Å²) in [7, 11) is 0. The normalized spacial score (nSPS) is 21.4. The Morgan fingerprint density at radius 3 is 2.14 bits per heavy atom. The van der Waals surface area contributed by atoms with E-state index in [9.17, 15) is 14.7 Å². The quantitative estimate of drug-likeness (QED) is 0.292. The number of nitrogen functional groups attached to an aromatic ring is 1. The van der Waals surface area contributed by atoms with E-state index in [1.165, 1.54) is 10.9 Å². The van der Waals surface area contributed by atoms with E-state index in [1.807, 2.05) is 0 Å². The fraction of sp³-hybridized carbons (Fsp3) is 0.208. The maximum absolute atomic E-state index is 13.0. The van der Waals surface area contributed by atoms with Crippen LogP contribution in [-0.2, 0) is 14.2 Å². The van der Waals surface area contributed by atoms with Crippen LogP contribution in [0.5, 0.6) is 0 Å². The van der Waals surface area contributed by atoms with Gasteiger partial charge in [0.15, 0.2) is 29.2 Å². The van der Waals surface area contributed by atoms with Crippen LogP contribution in [0, 0.1) is 0 Å². The van der Waals surface area contributed by atoms with E-state index in [1.54, 1.807) is 60.7 Å². The summed E-state index contributed by atoms with van der Waals surface area (Å²) >= 11 is 6.16. The van der Waals surface area contributed by atoms with Crippen molar-refractivity contribution >= 4 is 40.7 Å². The lowest BCUT2D eigenvalue weighted by Crippen LogP contribution is -2.40. The van der Waals surface area contributed by atoms with Crippen molar-refractivity contribution in [3.63, 3.8) is 0 Å². The van der Waals surface area contributed by atoms with Gasteiger partial charge in [-0.25, -0.2) is 14.6 Å². The highest BCUT2D eigenvalue weighted by molar-refractivity contribution is 6.33. The van der Waals surface area contributed by atoms with E-state index in [2.05, 4.69) is 15.0 Å². The van der Waals surface area contributed by atoms with Crippen molar-refractivity contribution in [3.8, 4) is 0 Å². The number of fused-ring (bicyclic) bond motifs is 1. The molecule has 12 heteroatoms. The van der Waals surface area contributed by atoms with E-state index >= 15 is 0 Å². The number of aliphatic hydroxyl groups is 1. The van der Waals surface area contributed by atoms with Crippen LogP contribution < -0.4 is 5.73 Å². The average Bonchev–Trinajstić information content (AvgIpc) is 3.46. The molecule has 0 amide bonds. The number of hydrogen-bond acceptors (Lipinski definition) is 10.